The van der Waals surface area contributed by atoms with E-state index in [4.69, 9.17) is 4.74 Å². The highest BCUT2D eigenvalue weighted by Crippen LogP contribution is 2.36. The number of ether oxygens (including phenoxy) is 1. The number of hydrogen-bond acceptors (Lipinski definition) is 3. The number of carboxylic acid groups (broad SMARTS) is 1. The van der Waals surface area contributed by atoms with Gasteiger partial charge in [-0.3, -0.25) is 4.79 Å². The van der Waals surface area contributed by atoms with Crippen LogP contribution in [0.4, 0.5) is 0 Å². The molecule has 0 aliphatic carbocycles. The molecule has 0 spiro atoms. The van der Waals surface area contributed by atoms with E-state index < -0.39 is 17.9 Å². The Bertz CT molecular complexity index is 559. The largest absolute Gasteiger partial charge is 0.492 e. The van der Waals surface area contributed by atoms with Crippen molar-refractivity contribution < 1.29 is 19.4 Å². The van der Waals surface area contributed by atoms with E-state index in [1.54, 1.807) is 6.07 Å². The normalized spacial score (nSPS) is 18.0. The van der Waals surface area contributed by atoms with E-state index in [1.807, 2.05) is 26.0 Å². The van der Waals surface area contributed by atoms with Crippen LogP contribution in [0.15, 0.2) is 22.7 Å². The lowest BCUT2D eigenvalue weighted by atomic mass is 9.98. The molecule has 0 radical (unpaired) electrons. The van der Waals surface area contributed by atoms with Crippen LogP contribution in [0.2, 0.25) is 0 Å². The molecule has 1 aliphatic rings. The SMILES string of the molecule is CC(C)C[C@H](NC(=O)C1COc2ccc(Br)cc21)C(=O)O. The fourth-order valence-corrected chi connectivity index (χ4v) is 2.75. The van der Waals surface area contributed by atoms with Crippen molar-refractivity contribution in [3.05, 3.63) is 28.2 Å². The van der Waals surface area contributed by atoms with E-state index in [0.29, 0.717) is 12.2 Å². The van der Waals surface area contributed by atoms with E-state index in [-0.39, 0.29) is 18.4 Å². The highest BCUT2D eigenvalue weighted by Gasteiger charge is 2.33. The summed E-state index contributed by atoms with van der Waals surface area (Å²) in [5.41, 5.74) is 0.788. The summed E-state index contributed by atoms with van der Waals surface area (Å²) >= 11 is 3.37. The highest BCUT2D eigenvalue weighted by molar-refractivity contribution is 9.10. The summed E-state index contributed by atoms with van der Waals surface area (Å²) in [6, 6.07) is 4.62. The van der Waals surface area contributed by atoms with Gasteiger partial charge in [-0.2, -0.15) is 0 Å². The predicted octanol–water partition coefficient (Wildman–Crippen LogP) is 2.54. The number of nitrogens with one attached hydrogen (secondary N) is 1. The summed E-state index contributed by atoms with van der Waals surface area (Å²) in [7, 11) is 0. The Labute approximate surface area is 131 Å². The van der Waals surface area contributed by atoms with Gasteiger partial charge >= 0.3 is 5.97 Å². The first-order chi connectivity index (χ1) is 9.88. The van der Waals surface area contributed by atoms with Crippen LogP contribution in [0.3, 0.4) is 0 Å². The second kappa shape index (κ2) is 6.47. The lowest BCUT2D eigenvalue weighted by Gasteiger charge is -2.18. The van der Waals surface area contributed by atoms with Gasteiger partial charge < -0.3 is 15.2 Å². The standard InChI is InChI=1S/C15H18BrNO4/c1-8(2)5-12(15(19)20)17-14(18)11-7-21-13-4-3-9(16)6-10(11)13/h3-4,6,8,11-12H,5,7H2,1-2H3,(H,17,18)(H,19,20)/t11?,12-/m0/s1. The molecule has 0 fully saturated rings. The van der Waals surface area contributed by atoms with E-state index in [1.165, 1.54) is 0 Å². The maximum atomic E-state index is 12.3. The molecule has 0 bridgehead atoms. The fourth-order valence-electron chi connectivity index (χ4n) is 2.37. The van der Waals surface area contributed by atoms with Crippen molar-refractivity contribution in [2.75, 3.05) is 6.61 Å². The highest BCUT2D eigenvalue weighted by atomic mass is 79.9. The third-order valence-corrected chi connectivity index (χ3v) is 3.88. The average Bonchev–Trinajstić information content (AvgIpc) is 2.80. The zero-order chi connectivity index (χ0) is 15.6. The number of halogens is 1. The summed E-state index contributed by atoms with van der Waals surface area (Å²) in [6.45, 7) is 4.09. The minimum absolute atomic E-state index is 0.188. The van der Waals surface area contributed by atoms with Crippen LogP contribution in [0.25, 0.3) is 0 Å². The molecule has 2 atom stereocenters. The molecule has 0 aromatic heterocycles. The van der Waals surface area contributed by atoms with Crippen LogP contribution in [0.1, 0.15) is 31.7 Å². The molecule has 1 amide bonds. The number of rotatable bonds is 5. The molecule has 1 aromatic rings. The third-order valence-electron chi connectivity index (χ3n) is 3.39. The quantitative estimate of drug-likeness (QED) is 0.850. The first kappa shape index (κ1) is 15.8. The molecule has 114 valence electrons. The Morgan fingerprint density at radius 1 is 1.48 bits per heavy atom. The van der Waals surface area contributed by atoms with Crippen LogP contribution in [-0.4, -0.2) is 29.6 Å². The number of aliphatic carboxylic acids is 1. The molecule has 1 aromatic carbocycles. The summed E-state index contributed by atoms with van der Waals surface area (Å²) in [4.78, 5) is 23.6. The maximum Gasteiger partial charge on any atom is 0.326 e. The zero-order valence-electron chi connectivity index (χ0n) is 11.9. The molecule has 5 nitrogen and oxygen atoms in total. The molecule has 6 heteroatoms. The van der Waals surface area contributed by atoms with Crippen molar-refractivity contribution in [1.29, 1.82) is 0 Å². The molecule has 2 N–H and O–H groups in total. The molecule has 0 saturated heterocycles. The number of carbonyl (C=O) groups excluding carboxylic acids is 1. The first-order valence-electron chi connectivity index (χ1n) is 6.84. The van der Waals surface area contributed by atoms with E-state index in [9.17, 15) is 14.7 Å². The minimum atomic E-state index is -1.01. The number of carboxylic acids is 1. The fraction of sp³-hybridized carbons (Fsp3) is 0.467. The van der Waals surface area contributed by atoms with Crippen LogP contribution in [0.5, 0.6) is 5.75 Å². The Morgan fingerprint density at radius 3 is 2.81 bits per heavy atom. The third kappa shape index (κ3) is 3.75. The summed E-state index contributed by atoms with van der Waals surface area (Å²) in [5.74, 6) is -0.918. The van der Waals surface area contributed by atoms with Crippen LogP contribution in [-0.2, 0) is 9.59 Å². The van der Waals surface area contributed by atoms with Gasteiger partial charge in [-0.1, -0.05) is 29.8 Å². The van der Waals surface area contributed by atoms with Crippen molar-refractivity contribution in [3.8, 4) is 5.75 Å². The first-order valence-corrected chi connectivity index (χ1v) is 7.63. The summed E-state index contributed by atoms with van der Waals surface area (Å²) < 4.78 is 6.34. The van der Waals surface area contributed by atoms with Crippen molar-refractivity contribution in [1.82, 2.24) is 5.32 Å². The van der Waals surface area contributed by atoms with Gasteiger partial charge in [0.2, 0.25) is 5.91 Å². The van der Waals surface area contributed by atoms with Gasteiger partial charge in [-0.05, 0) is 30.5 Å². The van der Waals surface area contributed by atoms with Gasteiger partial charge in [0.1, 0.15) is 24.3 Å². The maximum absolute atomic E-state index is 12.3. The molecule has 1 unspecified atom stereocenters. The lowest BCUT2D eigenvalue weighted by Crippen LogP contribution is -2.44. The number of hydrogen-bond donors (Lipinski definition) is 2. The smallest absolute Gasteiger partial charge is 0.326 e. The monoisotopic (exact) mass is 355 g/mol. The molecular weight excluding hydrogens is 338 g/mol. The van der Waals surface area contributed by atoms with Gasteiger partial charge in [0, 0.05) is 10.0 Å². The molecule has 0 saturated carbocycles. The Morgan fingerprint density at radius 2 is 2.19 bits per heavy atom. The van der Waals surface area contributed by atoms with Crippen LogP contribution < -0.4 is 10.1 Å². The zero-order valence-corrected chi connectivity index (χ0v) is 13.5. The second-order valence-corrected chi connectivity index (χ2v) is 6.49. The second-order valence-electron chi connectivity index (χ2n) is 5.57. The number of benzene rings is 1. The average molecular weight is 356 g/mol. The van der Waals surface area contributed by atoms with E-state index >= 15 is 0 Å². The molecule has 21 heavy (non-hydrogen) atoms. The van der Waals surface area contributed by atoms with Crippen LogP contribution in [0, 0.1) is 5.92 Å². The molecule has 1 aliphatic heterocycles. The topological polar surface area (TPSA) is 75.6 Å². The van der Waals surface area contributed by atoms with Crippen molar-refractivity contribution in [3.63, 3.8) is 0 Å². The van der Waals surface area contributed by atoms with Gasteiger partial charge in [0.15, 0.2) is 0 Å². The van der Waals surface area contributed by atoms with Crippen LogP contribution >= 0.6 is 15.9 Å². The molecule has 2 rings (SSSR count). The lowest BCUT2D eigenvalue weighted by molar-refractivity contribution is -0.142. The number of amides is 1. The Balaban J connectivity index is 2.11. The van der Waals surface area contributed by atoms with Gasteiger partial charge in [0.05, 0.1) is 0 Å². The Kier molecular flexibility index (Phi) is 4.88. The van der Waals surface area contributed by atoms with Crippen molar-refractivity contribution >= 4 is 27.8 Å². The number of carbonyl (C=O) groups is 2. The van der Waals surface area contributed by atoms with E-state index in [2.05, 4.69) is 21.2 Å². The predicted molar refractivity (Wildman–Crippen MR) is 81.4 cm³/mol. The molecular formula is C15H18BrNO4. The van der Waals surface area contributed by atoms with Gasteiger partial charge in [-0.15, -0.1) is 0 Å². The number of fused-ring (bicyclic) bond motifs is 1. The minimum Gasteiger partial charge on any atom is -0.492 e. The molecule has 1 heterocycles. The Hall–Kier alpha value is -1.56. The summed E-state index contributed by atoms with van der Waals surface area (Å²) in [6.07, 6.45) is 0.403. The van der Waals surface area contributed by atoms with E-state index in [0.717, 1.165) is 10.0 Å². The van der Waals surface area contributed by atoms with Gasteiger partial charge in [0.25, 0.3) is 0 Å². The van der Waals surface area contributed by atoms with Crippen molar-refractivity contribution in [2.24, 2.45) is 5.92 Å². The summed E-state index contributed by atoms with van der Waals surface area (Å²) in [5, 5.41) is 11.8. The van der Waals surface area contributed by atoms with Gasteiger partial charge in [-0.25, -0.2) is 4.79 Å². The van der Waals surface area contributed by atoms with Crippen molar-refractivity contribution in [2.45, 2.75) is 32.2 Å².